The van der Waals surface area contributed by atoms with E-state index >= 15 is 0 Å². The van der Waals surface area contributed by atoms with Crippen molar-refractivity contribution in [3.05, 3.63) is 65.5 Å². The lowest BCUT2D eigenvalue weighted by Gasteiger charge is -2.14. The van der Waals surface area contributed by atoms with E-state index in [9.17, 15) is 14.0 Å². The molecule has 116 valence electrons. The number of nitrogens with zero attached hydrogens (tertiary/aromatic N) is 1. The van der Waals surface area contributed by atoms with Gasteiger partial charge in [0, 0.05) is 30.5 Å². The monoisotopic (exact) mass is 313 g/mol. The maximum Gasteiger partial charge on any atom is 0.335 e. The molecule has 0 saturated carbocycles. The summed E-state index contributed by atoms with van der Waals surface area (Å²) >= 11 is 0. The number of hydrazone groups is 1. The molecule has 0 fully saturated rings. The van der Waals surface area contributed by atoms with Gasteiger partial charge in [-0.25, -0.2) is 9.18 Å². The Bertz CT molecular complexity index is 813. The van der Waals surface area contributed by atoms with Crippen LogP contribution < -0.4 is 5.43 Å². The van der Waals surface area contributed by atoms with Gasteiger partial charge in [-0.3, -0.25) is 4.79 Å². The molecule has 2 aromatic rings. The SMILES string of the molecule is O=C1CCC(c2ccc(F)cc2)=[N+](c2cccc(C(=O)O)c2)N1. The Balaban J connectivity index is 2.13. The number of amides is 1. The summed E-state index contributed by atoms with van der Waals surface area (Å²) in [6.07, 6.45) is 0.802. The number of rotatable bonds is 3. The second-order valence-corrected chi connectivity index (χ2v) is 5.18. The average molecular weight is 313 g/mol. The van der Waals surface area contributed by atoms with Crippen LogP contribution in [0.15, 0.2) is 48.5 Å². The normalized spacial score (nSPS) is 14.6. The molecule has 0 bridgehead atoms. The number of hydrogen-bond acceptors (Lipinski definition) is 2. The number of hydrazine groups is 1. The predicted octanol–water partition coefficient (Wildman–Crippen LogP) is 2.48. The third-order valence-electron chi connectivity index (χ3n) is 3.62. The molecule has 0 spiro atoms. The van der Waals surface area contributed by atoms with Gasteiger partial charge >= 0.3 is 5.97 Å². The first-order valence-corrected chi connectivity index (χ1v) is 7.09. The summed E-state index contributed by atoms with van der Waals surface area (Å²) in [5.41, 5.74) is 4.95. The van der Waals surface area contributed by atoms with Crippen LogP contribution in [0.25, 0.3) is 0 Å². The lowest BCUT2D eigenvalue weighted by atomic mass is 10.0. The maximum atomic E-state index is 13.1. The van der Waals surface area contributed by atoms with Crippen molar-refractivity contribution >= 4 is 23.3 Å². The minimum absolute atomic E-state index is 0.126. The summed E-state index contributed by atoms with van der Waals surface area (Å²) in [5, 5.41) is 9.12. The second kappa shape index (κ2) is 6.00. The Labute approximate surface area is 131 Å². The molecule has 0 radical (unpaired) electrons. The standard InChI is InChI=1S/C17H13FN2O3/c18-13-6-4-11(5-7-13)15-8-9-16(21)19-20(15)14-3-1-2-12(10-14)17(22)23/h1-7,10H,8-9H2,(H-,19,21,22,23)/p+1. The lowest BCUT2D eigenvalue weighted by molar-refractivity contribution is -0.496. The van der Waals surface area contributed by atoms with Gasteiger partial charge in [-0.1, -0.05) is 10.8 Å². The van der Waals surface area contributed by atoms with Crippen LogP contribution in [0, 0.1) is 5.82 Å². The van der Waals surface area contributed by atoms with Gasteiger partial charge in [-0.15, -0.1) is 5.43 Å². The highest BCUT2D eigenvalue weighted by molar-refractivity contribution is 6.00. The van der Waals surface area contributed by atoms with E-state index in [0.717, 1.165) is 11.3 Å². The molecular formula is C17H14FN2O3+. The van der Waals surface area contributed by atoms with Gasteiger partial charge in [0.25, 0.3) is 5.91 Å². The minimum atomic E-state index is -1.04. The molecule has 3 rings (SSSR count). The molecular weight excluding hydrogens is 299 g/mol. The van der Waals surface area contributed by atoms with E-state index in [1.165, 1.54) is 24.3 Å². The quantitative estimate of drug-likeness (QED) is 0.855. The van der Waals surface area contributed by atoms with E-state index in [2.05, 4.69) is 5.43 Å². The summed E-state index contributed by atoms with van der Waals surface area (Å²) in [6, 6.07) is 12.3. The zero-order valence-electron chi connectivity index (χ0n) is 12.1. The highest BCUT2D eigenvalue weighted by Gasteiger charge is 2.28. The van der Waals surface area contributed by atoms with E-state index in [4.69, 9.17) is 5.11 Å². The van der Waals surface area contributed by atoms with Gasteiger partial charge < -0.3 is 5.11 Å². The molecule has 0 saturated heterocycles. The van der Waals surface area contributed by atoms with Gasteiger partial charge in [0.2, 0.25) is 11.4 Å². The first-order chi connectivity index (χ1) is 11.0. The Morgan fingerprint density at radius 1 is 1.13 bits per heavy atom. The van der Waals surface area contributed by atoms with Crippen molar-refractivity contribution in [1.82, 2.24) is 5.43 Å². The number of benzene rings is 2. The number of halogens is 1. The zero-order valence-corrected chi connectivity index (χ0v) is 12.1. The summed E-state index contributed by atoms with van der Waals surface area (Å²) in [6.45, 7) is 0. The summed E-state index contributed by atoms with van der Waals surface area (Å²) in [7, 11) is 0. The van der Waals surface area contributed by atoms with Crippen LogP contribution in [-0.2, 0) is 4.79 Å². The van der Waals surface area contributed by atoms with Crippen molar-refractivity contribution in [3.63, 3.8) is 0 Å². The summed E-state index contributed by atoms with van der Waals surface area (Å²) in [4.78, 5) is 22.9. The van der Waals surface area contributed by atoms with Gasteiger partial charge in [0.15, 0.2) is 0 Å². The predicted molar refractivity (Wildman–Crippen MR) is 81.2 cm³/mol. The molecule has 5 nitrogen and oxygen atoms in total. The topological polar surface area (TPSA) is 69.4 Å². The molecule has 0 aliphatic carbocycles. The van der Waals surface area contributed by atoms with E-state index in [1.807, 2.05) is 0 Å². The average Bonchev–Trinajstić information content (AvgIpc) is 2.56. The molecule has 2 N–H and O–H groups in total. The fourth-order valence-electron chi connectivity index (χ4n) is 2.51. The molecule has 1 amide bonds. The molecule has 1 aliphatic rings. The first kappa shape index (κ1) is 14.9. The zero-order chi connectivity index (χ0) is 16.4. The number of nitrogens with one attached hydrogen (secondary N) is 1. The van der Waals surface area contributed by atoms with E-state index < -0.39 is 5.97 Å². The van der Waals surface area contributed by atoms with Crippen molar-refractivity contribution in [2.45, 2.75) is 12.8 Å². The molecule has 0 aromatic heterocycles. The fourth-order valence-corrected chi connectivity index (χ4v) is 2.51. The van der Waals surface area contributed by atoms with Crippen LogP contribution in [0.3, 0.4) is 0 Å². The largest absolute Gasteiger partial charge is 0.478 e. The number of carbonyl (C=O) groups is 2. The number of hydrogen-bond donors (Lipinski definition) is 2. The first-order valence-electron chi connectivity index (χ1n) is 7.09. The van der Waals surface area contributed by atoms with Crippen LogP contribution in [-0.4, -0.2) is 27.4 Å². The van der Waals surface area contributed by atoms with E-state index in [-0.39, 0.29) is 17.3 Å². The summed E-state index contributed by atoms with van der Waals surface area (Å²) < 4.78 is 14.7. The van der Waals surface area contributed by atoms with Crippen molar-refractivity contribution in [2.75, 3.05) is 0 Å². The van der Waals surface area contributed by atoms with Crippen molar-refractivity contribution in [2.24, 2.45) is 0 Å². The van der Waals surface area contributed by atoms with Crippen LogP contribution in [0.1, 0.15) is 28.8 Å². The van der Waals surface area contributed by atoms with Crippen molar-refractivity contribution in [1.29, 1.82) is 0 Å². The van der Waals surface area contributed by atoms with Gasteiger partial charge in [-0.05, 0) is 30.3 Å². The Hall–Kier alpha value is -3.02. The molecule has 2 aromatic carbocycles. The van der Waals surface area contributed by atoms with E-state index in [0.29, 0.717) is 18.5 Å². The molecule has 23 heavy (non-hydrogen) atoms. The molecule has 0 unspecified atom stereocenters. The van der Waals surface area contributed by atoms with Gasteiger partial charge in [0.05, 0.1) is 5.56 Å². The minimum Gasteiger partial charge on any atom is -0.478 e. The van der Waals surface area contributed by atoms with Crippen molar-refractivity contribution in [3.8, 4) is 0 Å². The second-order valence-electron chi connectivity index (χ2n) is 5.18. The number of carbonyl (C=O) groups excluding carboxylic acids is 1. The number of aromatic carboxylic acids is 1. The Kier molecular flexibility index (Phi) is 3.89. The van der Waals surface area contributed by atoms with Gasteiger partial charge in [0.1, 0.15) is 5.82 Å². The van der Waals surface area contributed by atoms with E-state index in [1.54, 1.807) is 28.9 Å². The van der Waals surface area contributed by atoms with Crippen LogP contribution in [0.5, 0.6) is 0 Å². The molecule has 1 aliphatic heterocycles. The highest BCUT2D eigenvalue weighted by atomic mass is 19.1. The number of carboxylic acids is 1. The highest BCUT2D eigenvalue weighted by Crippen LogP contribution is 2.19. The number of carboxylic acid groups (broad SMARTS) is 1. The van der Waals surface area contributed by atoms with Crippen LogP contribution in [0.4, 0.5) is 10.1 Å². The lowest BCUT2D eigenvalue weighted by Crippen LogP contribution is -2.40. The van der Waals surface area contributed by atoms with Gasteiger partial charge in [-0.2, -0.15) is 0 Å². The molecule has 6 heteroatoms. The molecule has 1 heterocycles. The summed E-state index contributed by atoms with van der Waals surface area (Å²) in [5.74, 6) is -1.54. The Morgan fingerprint density at radius 3 is 2.57 bits per heavy atom. The third-order valence-corrected chi connectivity index (χ3v) is 3.62. The third kappa shape index (κ3) is 3.11. The van der Waals surface area contributed by atoms with Crippen LogP contribution >= 0.6 is 0 Å². The maximum absolute atomic E-state index is 13.1. The Morgan fingerprint density at radius 2 is 1.87 bits per heavy atom. The van der Waals surface area contributed by atoms with Crippen LogP contribution in [0.2, 0.25) is 0 Å². The van der Waals surface area contributed by atoms with Crippen molar-refractivity contribution < 1.29 is 23.8 Å². The smallest absolute Gasteiger partial charge is 0.335 e. The molecule has 0 atom stereocenters. The fraction of sp³-hybridized carbons (Fsp3) is 0.118.